The van der Waals surface area contributed by atoms with E-state index in [0.29, 0.717) is 43.2 Å². The Labute approximate surface area is 152 Å². The van der Waals surface area contributed by atoms with Crippen molar-refractivity contribution in [2.75, 3.05) is 31.9 Å². The number of anilines is 1. The second-order valence-electron chi connectivity index (χ2n) is 5.84. The lowest BCUT2D eigenvalue weighted by Gasteiger charge is -2.25. The van der Waals surface area contributed by atoms with Crippen LogP contribution in [0.4, 0.5) is 5.82 Å². The molecule has 2 aromatic rings. The molecule has 0 saturated carbocycles. The van der Waals surface area contributed by atoms with E-state index in [-0.39, 0.29) is 12.7 Å². The zero-order valence-electron chi connectivity index (χ0n) is 15.0. The first-order chi connectivity index (χ1) is 12.4. The van der Waals surface area contributed by atoms with Crippen LogP contribution < -0.4 is 10.6 Å². The first-order valence-corrected chi connectivity index (χ1v) is 10.2. The lowest BCUT2D eigenvalue weighted by atomic mass is 10.4. The fraction of sp³-hybridized carbons (Fsp3) is 0.667. The maximum absolute atomic E-state index is 11.9. The molecule has 0 aliphatic rings. The summed E-state index contributed by atoms with van der Waals surface area (Å²) in [4.78, 5) is 24.0. The number of nitrogen functional groups attached to an aromatic ring is 1. The monoisotopic (exact) mass is 386 g/mol. The van der Waals surface area contributed by atoms with Crippen molar-refractivity contribution in [3.63, 3.8) is 0 Å². The predicted octanol–water partition coefficient (Wildman–Crippen LogP) is 1.16. The lowest BCUT2D eigenvalue weighted by molar-refractivity contribution is -0.205. The molecule has 10 nitrogen and oxygen atoms in total. The molecule has 2 rings (SSSR count). The Bertz CT molecular complexity index is 740. The third kappa shape index (κ3) is 6.30. The summed E-state index contributed by atoms with van der Waals surface area (Å²) >= 11 is 0. The fourth-order valence-electron chi connectivity index (χ4n) is 2.23. The van der Waals surface area contributed by atoms with Crippen molar-refractivity contribution < 1.29 is 23.5 Å². The highest BCUT2D eigenvalue weighted by Crippen LogP contribution is 2.37. The summed E-state index contributed by atoms with van der Waals surface area (Å²) in [5, 5.41) is 0. The standard InChI is InChI=1S/C15H26N5O5P/c1-3-5-23-6-4-7-25-26(21,22)11-24-12(2)8-20-10-19-13-14(16)17-9-18-15(13)20/h9-10,12H,3-8,11H2,1-2H3,(H,21,22)(H2,16,17,18)/p-1. The average molecular weight is 386 g/mol. The highest BCUT2D eigenvalue weighted by atomic mass is 31.2. The molecule has 2 heterocycles. The number of imidazole rings is 1. The molecule has 0 saturated heterocycles. The molecule has 146 valence electrons. The van der Waals surface area contributed by atoms with Crippen LogP contribution in [0.2, 0.25) is 0 Å². The normalized spacial score (nSPS) is 15.2. The van der Waals surface area contributed by atoms with E-state index in [2.05, 4.69) is 15.0 Å². The van der Waals surface area contributed by atoms with Crippen LogP contribution in [-0.2, 0) is 25.1 Å². The van der Waals surface area contributed by atoms with Gasteiger partial charge in [0.25, 0.3) is 0 Å². The molecule has 0 fully saturated rings. The number of hydrogen-bond acceptors (Lipinski definition) is 9. The van der Waals surface area contributed by atoms with Crippen molar-refractivity contribution in [1.82, 2.24) is 19.5 Å². The van der Waals surface area contributed by atoms with E-state index < -0.39 is 13.9 Å². The maximum Gasteiger partial charge on any atom is 0.165 e. The Morgan fingerprint density at radius 1 is 1.31 bits per heavy atom. The number of hydrogen-bond donors (Lipinski definition) is 1. The molecule has 0 radical (unpaired) electrons. The molecule has 2 unspecified atom stereocenters. The van der Waals surface area contributed by atoms with Crippen LogP contribution in [0.15, 0.2) is 12.7 Å². The molecule has 11 heteroatoms. The van der Waals surface area contributed by atoms with Crippen LogP contribution in [0.25, 0.3) is 11.2 Å². The van der Waals surface area contributed by atoms with Crippen molar-refractivity contribution in [1.29, 1.82) is 0 Å². The first kappa shape index (κ1) is 20.7. The van der Waals surface area contributed by atoms with Crippen molar-refractivity contribution >= 4 is 24.6 Å². The predicted molar refractivity (Wildman–Crippen MR) is 94.4 cm³/mol. The summed E-state index contributed by atoms with van der Waals surface area (Å²) in [5.41, 5.74) is 6.81. The van der Waals surface area contributed by atoms with Gasteiger partial charge in [-0.25, -0.2) is 15.0 Å². The number of nitrogens with two attached hydrogens (primary N) is 1. The van der Waals surface area contributed by atoms with Crippen LogP contribution in [0.3, 0.4) is 0 Å². The Balaban J connectivity index is 1.75. The summed E-state index contributed by atoms with van der Waals surface area (Å²) in [6, 6.07) is 0. The molecule has 0 amide bonds. The molecule has 0 aliphatic carbocycles. The maximum atomic E-state index is 11.9. The van der Waals surface area contributed by atoms with E-state index in [1.54, 1.807) is 17.8 Å². The topological polar surface area (TPSA) is 137 Å². The van der Waals surface area contributed by atoms with Gasteiger partial charge >= 0.3 is 0 Å². The molecule has 0 bridgehead atoms. The van der Waals surface area contributed by atoms with Crippen LogP contribution >= 0.6 is 7.60 Å². The average Bonchev–Trinajstić information content (AvgIpc) is 3.01. The van der Waals surface area contributed by atoms with Crippen molar-refractivity contribution in [2.45, 2.75) is 39.3 Å². The molecular formula is C15H25N5O5P-. The zero-order valence-corrected chi connectivity index (χ0v) is 15.9. The number of nitrogens with zero attached hydrogens (tertiary/aromatic N) is 4. The van der Waals surface area contributed by atoms with Crippen molar-refractivity contribution in [3.05, 3.63) is 12.7 Å². The SMILES string of the molecule is CCCOCCCOP(=O)([O-])COC(C)Cn1cnc2c(N)ncnc21. The quantitative estimate of drug-likeness (QED) is 0.420. The molecule has 0 spiro atoms. The van der Waals surface area contributed by atoms with E-state index in [0.717, 1.165) is 6.42 Å². The lowest BCUT2D eigenvalue weighted by Crippen LogP contribution is -2.20. The van der Waals surface area contributed by atoms with E-state index >= 15 is 0 Å². The van der Waals surface area contributed by atoms with Crippen molar-refractivity contribution in [2.24, 2.45) is 0 Å². The van der Waals surface area contributed by atoms with Gasteiger partial charge in [-0.1, -0.05) is 6.92 Å². The number of aromatic nitrogens is 4. The Morgan fingerprint density at radius 3 is 2.88 bits per heavy atom. The fourth-order valence-corrected chi connectivity index (χ4v) is 3.15. The molecule has 0 aliphatic heterocycles. The minimum absolute atomic E-state index is 0.0879. The summed E-state index contributed by atoms with van der Waals surface area (Å²) in [7, 11) is -4.05. The van der Waals surface area contributed by atoms with Gasteiger partial charge in [-0.3, -0.25) is 0 Å². The van der Waals surface area contributed by atoms with Crippen LogP contribution in [-0.4, -0.2) is 51.8 Å². The van der Waals surface area contributed by atoms with Gasteiger partial charge in [0, 0.05) is 13.2 Å². The number of rotatable bonds is 12. The van der Waals surface area contributed by atoms with Gasteiger partial charge in [-0.05, 0) is 19.8 Å². The van der Waals surface area contributed by atoms with Gasteiger partial charge in [-0.15, -0.1) is 0 Å². The Kier molecular flexibility index (Phi) is 7.92. The molecule has 0 aromatic carbocycles. The third-order valence-corrected chi connectivity index (χ3v) is 4.51. The minimum Gasteiger partial charge on any atom is -0.777 e. The number of ether oxygens (including phenoxy) is 2. The van der Waals surface area contributed by atoms with Crippen molar-refractivity contribution in [3.8, 4) is 0 Å². The Hall–Kier alpha value is -1.58. The summed E-state index contributed by atoms with van der Waals surface area (Å²) in [6.07, 6.45) is 3.49. The number of fused-ring (bicyclic) bond motifs is 1. The molecule has 2 atom stereocenters. The molecule has 26 heavy (non-hydrogen) atoms. The van der Waals surface area contributed by atoms with Gasteiger partial charge in [-0.2, -0.15) is 0 Å². The smallest absolute Gasteiger partial charge is 0.165 e. The van der Waals surface area contributed by atoms with Crippen LogP contribution in [0.5, 0.6) is 0 Å². The van der Waals surface area contributed by atoms with E-state index in [4.69, 9.17) is 19.7 Å². The van der Waals surface area contributed by atoms with Crippen LogP contribution in [0.1, 0.15) is 26.7 Å². The van der Waals surface area contributed by atoms with E-state index in [1.807, 2.05) is 6.92 Å². The molecular weight excluding hydrogens is 361 g/mol. The zero-order chi connectivity index (χ0) is 19.0. The highest BCUT2D eigenvalue weighted by Gasteiger charge is 2.14. The largest absolute Gasteiger partial charge is 0.777 e. The second kappa shape index (κ2) is 9.94. The highest BCUT2D eigenvalue weighted by molar-refractivity contribution is 7.51. The Morgan fingerprint density at radius 2 is 2.12 bits per heavy atom. The van der Waals surface area contributed by atoms with E-state index in [9.17, 15) is 9.46 Å². The summed E-state index contributed by atoms with van der Waals surface area (Å²) in [5.74, 6) is 0.294. The van der Waals surface area contributed by atoms with Gasteiger partial charge < -0.3 is 33.8 Å². The van der Waals surface area contributed by atoms with Gasteiger partial charge in [0.1, 0.15) is 18.2 Å². The van der Waals surface area contributed by atoms with Gasteiger partial charge in [0.2, 0.25) is 0 Å². The molecule has 2 N–H and O–H groups in total. The second-order valence-corrected chi connectivity index (χ2v) is 7.58. The van der Waals surface area contributed by atoms with Crippen LogP contribution in [0, 0.1) is 0 Å². The van der Waals surface area contributed by atoms with Gasteiger partial charge in [0.05, 0.1) is 25.6 Å². The minimum atomic E-state index is -4.05. The van der Waals surface area contributed by atoms with Gasteiger partial charge in [0.15, 0.2) is 19.1 Å². The van der Waals surface area contributed by atoms with E-state index in [1.165, 1.54) is 6.33 Å². The first-order valence-electron chi connectivity index (χ1n) is 8.48. The molecule has 2 aromatic heterocycles. The summed E-state index contributed by atoms with van der Waals surface area (Å²) in [6.45, 7) is 5.37. The third-order valence-electron chi connectivity index (χ3n) is 3.47. The summed E-state index contributed by atoms with van der Waals surface area (Å²) < 4.78 is 29.2.